The molecule has 2 amide bonds. The van der Waals surface area contributed by atoms with Gasteiger partial charge >= 0.3 is 0 Å². The molecule has 2 aliphatic carbocycles. The number of rotatable bonds is 4. The van der Waals surface area contributed by atoms with Crippen LogP contribution in [0.2, 0.25) is 0 Å². The Morgan fingerprint density at radius 1 is 0.960 bits per heavy atom. The molecule has 2 heterocycles. The van der Waals surface area contributed by atoms with Gasteiger partial charge in [-0.05, 0) is 38.5 Å². The number of carbonyl (C=O) groups excluding carboxylic acids is 2. The second-order valence-corrected chi connectivity index (χ2v) is 7.87. The Morgan fingerprint density at radius 2 is 1.60 bits per heavy atom. The minimum absolute atomic E-state index is 0.00644. The second-order valence-electron chi connectivity index (χ2n) is 7.87. The van der Waals surface area contributed by atoms with E-state index in [4.69, 9.17) is 0 Å². The molecule has 0 bridgehead atoms. The first-order valence-corrected chi connectivity index (χ1v) is 9.86. The van der Waals surface area contributed by atoms with Crippen molar-refractivity contribution in [3.8, 4) is 0 Å². The van der Waals surface area contributed by atoms with Crippen LogP contribution in [0.5, 0.6) is 0 Å². The second kappa shape index (κ2) is 7.18. The van der Waals surface area contributed by atoms with Gasteiger partial charge in [-0.1, -0.05) is 25.7 Å². The average molecular weight is 344 g/mol. The van der Waals surface area contributed by atoms with Gasteiger partial charge in [0.15, 0.2) is 0 Å². The van der Waals surface area contributed by atoms with Gasteiger partial charge in [0.1, 0.15) is 5.69 Å². The lowest BCUT2D eigenvalue weighted by Crippen LogP contribution is -2.40. The maximum atomic E-state index is 12.5. The minimum Gasteiger partial charge on any atom is -0.353 e. The molecule has 2 saturated carbocycles. The number of nitrogens with zero attached hydrogens (tertiary/aromatic N) is 2. The maximum absolute atomic E-state index is 12.5. The third-order valence-corrected chi connectivity index (χ3v) is 6.07. The smallest absolute Gasteiger partial charge is 0.271 e. The SMILES string of the molecule is O=C(NC1CCCC1)c1ncn2c1CCC(C(=O)NC1CCCC1)C2. The number of hydrogen-bond donors (Lipinski definition) is 2. The zero-order valence-electron chi connectivity index (χ0n) is 14.8. The van der Waals surface area contributed by atoms with Crippen LogP contribution in [0, 0.1) is 5.92 Å². The van der Waals surface area contributed by atoms with Crippen LogP contribution in [0.4, 0.5) is 0 Å². The predicted molar refractivity (Wildman–Crippen MR) is 94.2 cm³/mol. The van der Waals surface area contributed by atoms with Crippen LogP contribution in [0.15, 0.2) is 6.33 Å². The Bertz CT molecular complexity index is 642. The minimum atomic E-state index is -0.0468. The third-order valence-electron chi connectivity index (χ3n) is 6.07. The fourth-order valence-electron chi connectivity index (χ4n) is 4.58. The van der Waals surface area contributed by atoms with Gasteiger partial charge in [0.05, 0.1) is 17.9 Å². The summed E-state index contributed by atoms with van der Waals surface area (Å²) in [4.78, 5) is 29.4. The lowest BCUT2D eigenvalue weighted by atomic mass is 9.95. The first-order chi connectivity index (χ1) is 12.2. The Morgan fingerprint density at radius 3 is 2.28 bits per heavy atom. The summed E-state index contributed by atoms with van der Waals surface area (Å²) in [5, 5.41) is 6.32. The molecule has 1 aromatic heterocycles. The molecular weight excluding hydrogens is 316 g/mol. The molecule has 6 heteroatoms. The molecule has 6 nitrogen and oxygen atoms in total. The number of nitrogens with one attached hydrogen (secondary N) is 2. The monoisotopic (exact) mass is 344 g/mol. The van der Waals surface area contributed by atoms with Crippen molar-refractivity contribution in [3.05, 3.63) is 17.7 Å². The number of imidazole rings is 1. The molecule has 25 heavy (non-hydrogen) atoms. The Hall–Kier alpha value is -1.85. The zero-order valence-corrected chi connectivity index (χ0v) is 14.8. The van der Waals surface area contributed by atoms with E-state index >= 15 is 0 Å². The molecule has 2 fully saturated rings. The molecule has 1 aromatic rings. The Balaban J connectivity index is 1.38. The summed E-state index contributed by atoms with van der Waals surface area (Å²) in [5.74, 6) is 0.116. The van der Waals surface area contributed by atoms with Gasteiger partial charge in [-0.2, -0.15) is 0 Å². The van der Waals surface area contributed by atoms with E-state index < -0.39 is 0 Å². The topological polar surface area (TPSA) is 76.0 Å². The maximum Gasteiger partial charge on any atom is 0.271 e. The Labute approximate surface area is 148 Å². The highest BCUT2D eigenvalue weighted by molar-refractivity contribution is 5.93. The van der Waals surface area contributed by atoms with Gasteiger partial charge in [-0.3, -0.25) is 9.59 Å². The van der Waals surface area contributed by atoms with Crippen molar-refractivity contribution in [2.45, 2.75) is 82.8 Å². The fraction of sp³-hybridized carbons (Fsp3) is 0.737. The molecule has 0 saturated heterocycles. The van der Waals surface area contributed by atoms with Crippen molar-refractivity contribution in [2.24, 2.45) is 5.92 Å². The molecule has 1 aliphatic heterocycles. The first-order valence-electron chi connectivity index (χ1n) is 9.86. The average Bonchev–Trinajstić information content (AvgIpc) is 3.35. The normalized spacial score (nSPS) is 24.2. The highest BCUT2D eigenvalue weighted by Gasteiger charge is 2.30. The van der Waals surface area contributed by atoms with Crippen LogP contribution in [0.3, 0.4) is 0 Å². The third kappa shape index (κ3) is 3.58. The van der Waals surface area contributed by atoms with Crippen LogP contribution in [-0.4, -0.2) is 33.4 Å². The first kappa shape index (κ1) is 16.6. The molecule has 0 spiro atoms. The zero-order chi connectivity index (χ0) is 17.2. The van der Waals surface area contributed by atoms with E-state index in [-0.39, 0.29) is 17.7 Å². The predicted octanol–water partition coefficient (Wildman–Crippen LogP) is 2.18. The molecule has 1 unspecified atom stereocenters. The van der Waals surface area contributed by atoms with Gasteiger partial charge in [-0.25, -0.2) is 4.98 Å². The van der Waals surface area contributed by atoms with E-state index in [1.807, 2.05) is 4.57 Å². The van der Waals surface area contributed by atoms with Crippen LogP contribution in [0.25, 0.3) is 0 Å². The van der Waals surface area contributed by atoms with Crippen molar-refractivity contribution >= 4 is 11.8 Å². The highest BCUT2D eigenvalue weighted by Crippen LogP contribution is 2.25. The summed E-state index contributed by atoms with van der Waals surface area (Å²) >= 11 is 0. The highest BCUT2D eigenvalue weighted by atomic mass is 16.2. The summed E-state index contributed by atoms with van der Waals surface area (Å²) in [7, 11) is 0. The van der Waals surface area contributed by atoms with Crippen molar-refractivity contribution in [2.75, 3.05) is 0 Å². The molecule has 0 aromatic carbocycles. The van der Waals surface area contributed by atoms with Gasteiger partial charge < -0.3 is 15.2 Å². The fourth-order valence-corrected chi connectivity index (χ4v) is 4.58. The molecule has 3 aliphatic rings. The summed E-state index contributed by atoms with van der Waals surface area (Å²) < 4.78 is 2.01. The summed E-state index contributed by atoms with van der Waals surface area (Å²) in [6.45, 7) is 0.637. The van der Waals surface area contributed by atoms with E-state index in [0.717, 1.165) is 44.2 Å². The number of carbonyl (C=O) groups is 2. The van der Waals surface area contributed by atoms with E-state index in [2.05, 4.69) is 15.6 Å². The lowest BCUT2D eigenvalue weighted by molar-refractivity contribution is -0.126. The largest absolute Gasteiger partial charge is 0.353 e. The van der Waals surface area contributed by atoms with E-state index in [1.54, 1.807) is 6.33 Å². The van der Waals surface area contributed by atoms with Crippen molar-refractivity contribution in [3.63, 3.8) is 0 Å². The number of amides is 2. The van der Waals surface area contributed by atoms with Gasteiger partial charge in [0.2, 0.25) is 5.91 Å². The number of aromatic nitrogens is 2. The van der Waals surface area contributed by atoms with Crippen LogP contribution in [0.1, 0.15) is 74.0 Å². The van der Waals surface area contributed by atoms with Crippen molar-refractivity contribution in [1.29, 1.82) is 0 Å². The van der Waals surface area contributed by atoms with Crippen molar-refractivity contribution in [1.82, 2.24) is 20.2 Å². The van der Waals surface area contributed by atoms with E-state index in [1.165, 1.54) is 25.7 Å². The quantitative estimate of drug-likeness (QED) is 0.879. The molecule has 4 rings (SSSR count). The van der Waals surface area contributed by atoms with Gasteiger partial charge in [0, 0.05) is 18.6 Å². The summed E-state index contributed by atoms with van der Waals surface area (Å²) in [5.41, 5.74) is 1.54. The van der Waals surface area contributed by atoms with Crippen LogP contribution < -0.4 is 10.6 Å². The van der Waals surface area contributed by atoms with Crippen LogP contribution in [-0.2, 0) is 17.8 Å². The van der Waals surface area contributed by atoms with Crippen LogP contribution >= 0.6 is 0 Å². The summed E-state index contributed by atoms with van der Waals surface area (Å²) in [6, 6.07) is 0.669. The van der Waals surface area contributed by atoms with Gasteiger partial charge in [0.25, 0.3) is 5.91 Å². The van der Waals surface area contributed by atoms with E-state index in [9.17, 15) is 9.59 Å². The molecular formula is C19H28N4O2. The molecule has 0 radical (unpaired) electrons. The summed E-state index contributed by atoms with van der Waals surface area (Å²) in [6.07, 6.45) is 12.5. The van der Waals surface area contributed by atoms with E-state index in [0.29, 0.717) is 24.3 Å². The molecule has 2 N–H and O–H groups in total. The number of hydrogen-bond acceptors (Lipinski definition) is 3. The van der Waals surface area contributed by atoms with Gasteiger partial charge in [-0.15, -0.1) is 0 Å². The number of fused-ring (bicyclic) bond motifs is 1. The molecule has 136 valence electrons. The van der Waals surface area contributed by atoms with Crippen molar-refractivity contribution < 1.29 is 9.59 Å². The molecule has 1 atom stereocenters. The Kier molecular flexibility index (Phi) is 4.77. The lowest BCUT2D eigenvalue weighted by Gasteiger charge is -2.25. The standard InChI is InChI=1S/C19H28N4O2/c24-18(21-14-5-1-2-6-14)13-9-10-16-17(20-12-23(16)11-13)19(25)22-15-7-3-4-8-15/h12-15H,1-11H2,(H,21,24)(H,22,25).